The normalized spacial score (nSPS) is 29.7. The summed E-state index contributed by atoms with van der Waals surface area (Å²) >= 11 is 0. The summed E-state index contributed by atoms with van der Waals surface area (Å²) in [5.74, 6) is 1.32. The van der Waals surface area contributed by atoms with Gasteiger partial charge in [0, 0.05) is 18.6 Å². The Morgan fingerprint density at radius 3 is 2.59 bits per heavy atom. The van der Waals surface area contributed by atoms with E-state index in [1.165, 1.54) is 31.4 Å². The van der Waals surface area contributed by atoms with Crippen LogP contribution >= 0.6 is 0 Å². The van der Waals surface area contributed by atoms with Crippen LogP contribution < -0.4 is 0 Å². The number of piperidine rings is 1. The molecule has 1 aliphatic carbocycles. The second-order valence-corrected chi connectivity index (χ2v) is 5.55. The topological polar surface area (TPSA) is 23.5 Å². The maximum Gasteiger partial charge on any atom is 0.115 e. The van der Waals surface area contributed by atoms with E-state index in [0.717, 1.165) is 18.4 Å². The first-order valence-electron chi connectivity index (χ1n) is 6.82. The van der Waals surface area contributed by atoms with Crippen molar-refractivity contribution in [3.8, 4) is 5.75 Å². The Morgan fingerprint density at radius 2 is 2.06 bits per heavy atom. The van der Waals surface area contributed by atoms with Crippen molar-refractivity contribution in [2.75, 3.05) is 6.54 Å². The summed E-state index contributed by atoms with van der Waals surface area (Å²) in [5.41, 5.74) is 1.36. The molecular weight excluding hydrogens is 210 g/mol. The molecule has 0 amide bonds. The van der Waals surface area contributed by atoms with E-state index in [2.05, 4.69) is 24.0 Å². The van der Waals surface area contributed by atoms with Crippen LogP contribution in [0.3, 0.4) is 0 Å². The van der Waals surface area contributed by atoms with E-state index in [1.54, 1.807) is 0 Å². The highest BCUT2D eigenvalue weighted by Crippen LogP contribution is 2.43. The van der Waals surface area contributed by atoms with E-state index in [0.29, 0.717) is 11.8 Å². The molecule has 1 saturated heterocycles. The zero-order valence-electron chi connectivity index (χ0n) is 10.5. The highest BCUT2D eigenvalue weighted by molar-refractivity contribution is 5.28. The molecule has 1 aliphatic heterocycles. The van der Waals surface area contributed by atoms with Crippen molar-refractivity contribution in [3.63, 3.8) is 0 Å². The summed E-state index contributed by atoms with van der Waals surface area (Å²) in [6.45, 7) is 3.55. The van der Waals surface area contributed by atoms with E-state index >= 15 is 0 Å². The van der Waals surface area contributed by atoms with Crippen LogP contribution in [0, 0.1) is 5.92 Å². The summed E-state index contributed by atoms with van der Waals surface area (Å²) in [6, 6.07) is 9.15. The Bertz CT molecular complexity index is 386. The summed E-state index contributed by atoms with van der Waals surface area (Å²) < 4.78 is 0. The molecule has 0 spiro atoms. The van der Waals surface area contributed by atoms with Crippen molar-refractivity contribution in [2.24, 2.45) is 5.92 Å². The number of aromatic hydroxyl groups is 1. The predicted octanol–water partition coefficient (Wildman–Crippen LogP) is 3.33. The average Bonchev–Trinajstić information content (AvgIpc) is 2.95. The number of phenolic OH excluding ortho intramolecular Hbond substituents is 1. The second-order valence-electron chi connectivity index (χ2n) is 5.55. The van der Waals surface area contributed by atoms with Crippen molar-refractivity contribution in [1.29, 1.82) is 0 Å². The molecule has 2 heteroatoms. The van der Waals surface area contributed by atoms with Gasteiger partial charge in [0.2, 0.25) is 0 Å². The number of nitrogens with zero attached hydrogens (tertiary/aromatic N) is 1. The van der Waals surface area contributed by atoms with Gasteiger partial charge in [-0.3, -0.25) is 4.90 Å². The van der Waals surface area contributed by atoms with Crippen molar-refractivity contribution < 1.29 is 5.11 Å². The van der Waals surface area contributed by atoms with Gasteiger partial charge in [0.15, 0.2) is 0 Å². The van der Waals surface area contributed by atoms with Crippen LogP contribution in [0.2, 0.25) is 0 Å². The van der Waals surface area contributed by atoms with Gasteiger partial charge in [-0.25, -0.2) is 0 Å². The van der Waals surface area contributed by atoms with Gasteiger partial charge in [0.25, 0.3) is 0 Å². The molecule has 3 atom stereocenters. The predicted molar refractivity (Wildman–Crippen MR) is 69.0 cm³/mol. The maximum atomic E-state index is 9.37. The number of fused-ring (bicyclic) bond motifs is 2. The van der Waals surface area contributed by atoms with Crippen LogP contribution in [0.15, 0.2) is 24.3 Å². The van der Waals surface area contributed by atoms with Crippen LogP contribution in [-0.2, 0) is 0 Å². The summed E-state index contributed by atoms with van der Waals surface area (Å²) in [6.07, 6.45) is 5.40. The number of benzene rings is 1. The number of phenols is 1. The van der Waals surface area contributed by atoms with Gasteiger partial charge in [-0.05, 0) is 49.3 Å². The lowest BCUT2D eigenvalue weighted by atomic mass is 9.99. The van der Waals surface area contributed by atoms with Crippen LogP contribution in [-0.4, -0.2) is 22.6 Å². The van der Waals surface area contributed by atoms with Gasteiger partial charge in [0.05, 0.1) is 0 Å². The van der Waals surface area contributed by atoms with Gasteiger partial charge >= 0.3 is 0 Å². The molecule has 3 unspecified atom stereocenters. The maximum absolute atomic E-state index is 9.37. The third-order valence-electron chi connectivity index (χ3n) is 4.52. The molecule has 1 heterocycles. The zero-order chi connectivity index (χ0) is 11.8. The van der Waals surface area contributed by atoms with Crippen molar-refractivity contribution in [3.05, 3.63) is 29.8 Å². The molecule has 92 valence electrons. The molecule has 0 radical (unpaired) electrons. The summed E-state index contributed by atoms with van der Waals surface area (Å²) in [5, 5.41) is 9.37. The highest BCUT2D eigenvalue weighted by Gasteiger charge is 2.40. The van der Waals surface area contributed by atoms with Crippen molar-refractivity contribution in [2.45, 2.75) is 44.7 Å². The third-order valence-corrected chi connectivity index (χ3v) is 4.52. The second kappa shape index (κ2) is 4.34. The van der Waals surface area contributed by atoms with Gasteiger partial charge < -0.3 is 5.11 Å². The smallest absolute Gasteiger partial charge is 0.115 e. The first-order chi connectivity index (χ1) is 8.28. The molecule has 3 rings (SSSR count). The summed E-state index contributed by atoms with van der Waals surface area (Å²) in [7, 11) is 0. The Morgan fingerprint density at radius 1 is 1.29 bits per heavy atom. The quantitative estimate of drug-likeness (QED) is 0.862. The van der Waals surface area contributed by atoms with E-state index in [4.69, 9.17) is 0 Å². The lowest BCUT2D eigenvalue weighted by Crippen LogP contribution is -2.35. The molecule has 2 nitrogen and oxygen atoms in total. The standard InChI is InChI=1S/C15H21NO/c1-2-15(12-4-7-14(17)8-5-12)16-10-11-3-6-13(16)9-11/h4-5,7-8,11,13,15,17H,2-3,6,9-10H2,1H3. The first kappa shape index (κ1) is 11.1. The minimum atomic E-state index is 0.367. The van der Waals surface area contributed by atoms with Crippen LogP contribution in [0.25, 0.3) is 0 Å². The van der Waals surface area contributed by atoms with E-state index in [9.17, 15) is 5.11 Å². The molecule has 1 aromatic carbocycles. The lowest BCUT2D eigenvalue weighted by molar-refractivity contribution is 0.145. The number of hydrogen-bond acceptors (Lipinski definition) is 2. The largest absolute Gasteiger partial charge is 0.508 e. The molecular formula is C15H21NO. The molecule has 1 aromatic rings. The zero-order valence-corrected chi connectivity index (χ0v) is 10.5. The lowest BCUT2D eigenvalue weighted by Gasteiger charge is -2.34. The SMILES string of the molecule is CCC(c1ccc(O)cc1)N1CC2CCC1C2. The molecule has 0 aromatic heterocycles. The minimum absolute atomic E-state index is 0.367. The van der Waals surface area contributed by atoms with Gasteiger partial charge in [-0.15, -0.1) is 0 Å². The Labute approximate surface area is 103 Å². The molecule has 2 aliphatic rings. The molecule has 1 saturated carbocycles. The Balaban J connectivity index is 1.81. The number of likely N-dealkylation sites (tertiary alicyclic amines) is 1. The fourth-order valence-corrected chi connectivity index (χ4v) is 3.70. The molecule has 2 bridgehead atoms. The van der Waals surface area contributed by atoms with Crippen LogP contribution in [0.1, 0.15) is 44.2 Å². The van der Waals surface area contributed by atoms with Gasteiger partial charge in [-0.1, -0.05) is 19.1 Å². The Kier molecular flexibility index (Phi) is 2.83. The van der Waals surface area contributed by atoms with Crippen molar-refractivity contribution in [1.82, 2.24) is 4.90 Å². The van der Waals surface area contributed by atoms with Gasteiger partial charge in [0.1, 0.15) is 5.75 Å². The summed E-state index contributed by atoms with van der Waals surface area (Å²) in [4.78, 5) is 2.69. The third kappa shape index (κ3) is 1.95. The van der Waals surface area contributed by atoms with E-state index in [-0.39, 0.29) is 0 Å². The average molecular weight is 231 g/mol. The molecule has 2 fully saturated rings. The molecule has 17 heavy (non-hydrogen) atoms. The molecule has 1 N–H and O–H groups in total. The number of rotatable bonds is 3. The fraction of sp³-hybridized carbons (Fsp3) is 0.600. The van der Waals surface area contributed by atoms with Gasteiger partial charge in [-0.2, -0.15) is 0 Å². The first-order valence-corrected chi connectivity index (χ1v) is 6.82. The van der Waals surface area contributed by atoms with E-state index < -0.39 is 0 Å². The van der Waals surface area contributed by atoms with Crippen molar-refractivity contribution >= 4 is 0 Å². The monoisotopic (exact) mass is 231 g/mol. The van der Waals surface area contributed by atoms with E-state index in [1.807, 2.05) is 12.1 Å². The Hall–Kier alpha value is -1.02. The van der Waals surface area contributed by atoms with Crippen LogP contribution in [0.5, 0.6) is 5.75 Å². The minimum Gasteiger partial charge on any atom is -0.508 e. The number of hydrogen-bond donors (Lipinski definition) is 1. The fourth-order valence-electron chi connectivity index (χ4n) is 3.70. The van der Waals surface area contributed by atoms with Crippen LogP contribution in [0.4, 0.5) is 0 Å². The highest BCUT2D eigenvalue weighted by atomic mass is 16.3.